The van der Waals surface area contributed by atoms with Gasteiger partial charge in [-0.05, 0) is 18.2 Å². The van der Waals surface area contributed by atoms with Gasteiger partial charge in [-0.3, -0.25) is 9.59 Å². The number of benzene rings is 2. The first-order valence-corrected chi connectivity index (χ1v) is 9.42. The summed E-state index contributed by atoms with van der Waals surface area (Å²) in [7, 11) is 0. The lowest BCUT2D eigenvalue weighted by Gasteiger charge is -2.33. The van der Waals surface area contributed by atoms with Crippen LogP contribution < -0.4 is 16.0 Å². The van der Waals surface area contributed by atoms with E-state index in [2.05, 4.69) is 5.32 Å². The van der Waals surface area contributed by atoms with Crippen LogP contribution >= 0.6 is 0 Å². The molecule has 1 atom stereocenters. The van der Waals surface area contributed by atoms with Crippen molar-refractivity contribution in [2.45, 2.75) is 25.1 Å². The molecular weight excluding hydrogens is 383 g/mol. The summed E-state index contributed by atoms with van der Waals surface area (Å²) in [5, 5.41) is 2.63. The standard InChI is InChI=1S/C21H22F3N3O2/c22-21(23,24)16-7-4-8-17(13-16)26-20(29)18(14-5-2-1-3-6-14)27-11-9-15(10-12-27)19(25)28/h1-8,13,15,18H,9-12H2,(H2,25,28)(H,26,29)/p+1/t18-/m0/s1. The highest BCUT2D eigenvalue weighted by molar-refractivity contribution is 5.94. The predicted molar refractivity (Wildman–Crippen MR) is 102 cm³/mol. The first kappa shape index (κ1) is 20.9. The van der Waals surface area contributed by atoms with Crippen LogP contribution in [0.2, 0.25) is 0 Å². The predicted octanol–water partition coefficient (Wildman–Crippen LogP) is 2.17. The summed E-state index contributed by atoms with van der Waals surface area (Å²) in [5.74, 6) is -0.932. The molecule has 154 valence electrons. The number of anilines is 1. The molecule has 0 radical (unpaired) electrons. The maximum Gasteiger partial charge on any atom is 0.416 e. The first-order chi connectivity index (χ1) is 13.8. The van der Waals surface area contributed by atoms with Crippen LogP contribution in [0.25, 0.3) is 0 Å². The Hall–Kier alpha value is -2.87. The number of amides is 2. The Morgan fingerprint density at radius 2 is 1.69 bits per heavy atom. The fourth-order valence-corrected chi connectivity index (χ4v) is 3.77. The van der Waals surface area contributed by atoms with E-state index in [-0.39, 0.29) is 23.4 Å². The highest BCUT2D eigenvalue weighted by Gasteiger charge is 2.36. The van der Waals surface area contributed by atoms with Gasteiger partial charge in [-0.1, -0.05) is 36.4 Å². The molecule has 29 heavy (non-hydrogen) atoms. The molecule has 2 aromatic carbocycles. The monoisotopic (exact) mass is 406 g/mol. The Morgan fingerprint density at radius 1 is 1.03 bits per heavy atom. The van der Waals surface area contributed by atoms with Gasteiger partial charge in [0.2, 0.25) is 5.91 Å². The molecule has 5 nitrogen and oxygen atoms in total. The number of halogens is 3. The van der Waals surface area contributed by atoms with Crippen molar-refractivity contribution in [2.24, 2.45) is 11.7 Å². The number of primary amides is 1. The van der Waals surface area contributed by atoms with Crippen molar-refractivity contribution >= 4 is 17.5 Å². The molecule has 4 N–H and O–H groups in total. The molecule has 1 heterocycles. The van der Waals surface area contributed by atoms with Crippen molar-refractivity contribution < 1.29 is 27.7 Å². The van der Waals surface area contributed by atoms with E-state index in [0.29, 0.717) is 25.9 Å². The molecule has 1 fully saturated rings. The van der Waals surface area contributed by atoms with E-state index in [4.69, 9.17) is 5.73 Å². The third-order valence-electron chi connectivity index (χ3n) is 5.29. The molecule has 1 aliphatic heterocycles. The lowest BCUT2D eigenvalue weighted by Crippen LogP contribution is -3.14. The Morgan fingerprint density at radius 3 is 2.28 bits per heavy atom. The quantitative estimate of drug-likeness (QED) is 0.712. The van der Waals surface area contributed by atoms with Crippen molar-refractivity contribution in [1.29, 1.82) is 0 Å². The number of rotatable bonds is 5. The Labute approximate surface area is 166 Å². The van der Waals surface area contributed by atoms with Crippen LogP contribution in [0.1, 0.15) is 30.0 Å². The second-order valence-electron chi connectivity index (χ2n) is 7.25. The molecule has 1 saturated heterocycles. The topological polar surface area (TPSA) is 76.6 Å². The van der Waals surface area contributed by atoms with E-state index in [1.54, 1.807) is 0 Å². The SMILES string of the molecule is NC(=O)C1CC[NH+]([C@H](C(=O)Nc2cccc(C(F)(F)F)c2)c2ccccc2)CC1. The fraction of sp³-hybridized carbons (Fsp3) is 0.333. The van der Waals surface area contributed by atoms with Crippen molar-refractivity contribution in [3.05, 3.63) is 65.7 Å². The molecule has 2 amide bonds. The summed E-state index contributed by atoms with van der Waals surface area (Å²) >= 11 is 0. The highest BCUT2D eigenvalue weighted by atomic mass is 19.4. The van der Waals surface area contributed by atoms with Gasteiger partial charge in [0.25, 0.3) is 5.91 Å². The van der Waals surface area contributed by atoms with E-state index < -0.39 is 17.8 Å². The van der Waals surface area contributed by atoms with E-state index in [9.17, 15) is 22.8 Å². The van der Waals surface area contributed by atoms with Gasteiger partial charge in [0.1, 0.15) is 0 Å². The number of hydrogen-bond acceptors (Lipinski definition) is 2. The molecule has 0 unspecified atom stereocenters. The van der Waals surface area contributed by atoms with Gasteiger partial charge in [-0.2, -0.15) is 13.2 Å². The maximum absolute atomic E-state index is 13.1. The number of nitrogens with two attached hydrogens (primary N) is 1. The second kappa shape index (κ2) is 8.65. The summed E-state index contributed by atoms with van der Waals surface area (Å²) in [5.41, 5.74) is 5.44. The molecule has 0 bridgehead atoms. The maximum atomic E-state index is 13.1. The highest BCUT2D eigenvalue weighted by Crippen LogP contribution is 2.30. The summed E-state index contributed by atoms with van der Waals surface area (Å²) < 4.78 is 38.9. The smallest absolute Gasteiger partial charge is 0.369 e. The van der Waals surface area contributed by atoms with E-state index in [1.807, 2.05) is 30.3 Å². The van der Waals surface area contributed by atoms with Gasteiger partial charge >= 0.3 is 6.18 Å². The van der Waals surface area contributed by atoms with Crippen molar-refractivity contribution in [3.63, 3.8) is 0 Å². The van der Waals surface area contributed by atoms with Crippen molar-refractivity contribution in [2.75, 3.05) is 18.4 Å². The average Bonchev–Trinajstić information content (AvgIpc) is 2.69. The number of nitrogens with one attached hydrogen (secondary N) is 2. The third kappa shape index (κ3) is 5.14. The van der Waals surface area contributed by atoms with E-state index >= 15 is 0 Å². The molecule has 0 saturated carbocycles. The second-order valence-corrected chi connectivity index (χ2v) is 7.25. The average molecular weight is 406 g/mol. The van der Waals surface area contributed by atoms with E-state index in [0.717, 1.165) is 22.6 Å². The van der Waals surface area contributed by atoms with Crippen LogP contribution in [0, 0.1) is 5.92 Å². The van der Waals surface area contributed by atoms with Gasteiger partial charge in [0.15, 0.2) is 6.04 Å². The molecule has 0 aliphatic carbocycles. The minimum atomic E-state index is -4.48. The number of quaternary nitrogens is 1. The third-order valence-corrected chi connectivity index (χ3v) is 5.29. The number of likely N-dealkylation sites (tertiary alicyclic amines) is 1. The molecule has 3 rings (SSSR count). The molecule has 0 aromatic heterocycles. The Bertz CT molecular complexity index is 863. The fourth-order valence-electron chi connectivity index (χ4n) is 3.77. The van der Waals surface area contributed by atoms with Crippen LogP contribution in [0.15, 0.2) is 54.6 Å². The number of carbonyl (C=O) groups excluding carboxylic acids is 2. The molecule has 8 heteroatoms. The van der Waals surface area contributed by atoms with Gasteiger partial charge in [-0.25, -0.2) is 0 Å². The Balaban J connectivity index is 1.82. The van der Waals surface area contributed by atoms with Crippen molar-refractivity contribution in [3.8, 4) is 0 Å². The van der Waals surface area contributed by atoms with Gasteiger partial charge < -0.3 is 16.0 Å². The summed E-state index contributed by atoms with van der Waals surface area (Å²) in [4.78, 5) is 25.5. The largest absolute Gasteiger partial charge is 0.416 e. The van der Waals surface area contributed by atoms with Gasteiger partial charge in [0, 0.05) is 30.0 Å². The van der Waals surface area contributed by atoms with Crippen LogP contribution in [-0.2, 0) is 15.8 Å². The minimum Gasteiger partial charge on any atom is -0.369 e. The van der Waals surface area contributed by atoms with Gasteiger partial charge in [-0.15, -0.1) is 0 Å². The molecular formula is C21H23F3N3O2+. The van der Waals surface area contributed by atoms with Crippen LogP contribution in [0.5, 0.6) is 0 Å². The zero-order valence-electron chi connectivity index (χ0n) is 15.7. The van der Waals surface area contributed by atoms with Crippen LogP contribution in [-0.4, -0.2) is 24.9 Å². The lowest BCUT2D eigenvalue weighted by molar-refractivity contribution is -0.927. The number of carbonyl (C=O) groups is 2. The number of alkyl halides is 3. The van der Waals surface area contributed by atoms with Gasteiger partial charge in [0.05, 0.1) is 18.7 Å². The van der Waals surface area contributed by atoms with E-state index in [1.165, 1.54) is 12.1 Å². The summed E-state index contributed by atoms with van der Waals surface area (Å²) in [6.45, 7) is 1.15. The zero-order chi connectivity index (χ0) is 21.0. The summed E-state index contributed by atoms with van der Waals surface area (Å²) in [6, 6.07) is 13.1. The van der Waals surface area contributed by atoms with Crippen molar-refractivity contribution in [1.82, 2.24) is 0 Å². The Kier molecular flexibility index (Phi) is 6.22. The molecule has 0 spiro atoms. The van der Waals surface area contributed by atoms with Crippen LogP contribution in [0.3, 0.4) is 0 Å². The summed E-state index contributed by atoms with van der Waals surface area (Å²) in [6.07, 6.45) is -3.34. The number of piperidine rings is 1. The van der Waals surface area contributed by atoms with Crippen LogP contribution in [0.4, 0.5) is 18.9 Å². The molecule has 2 aromatic rings. The number of hydrogen-bond donors (Lipinski definition) is 3. The first-order valence-electron chi connectivity index (χ1n) is 9.42. The minimum absolute atomic E-state index is 0.0946. The normalized spacial score (nSPS) is 20.7. The zero-order valence-corrected chi connectivity index (χ0v) is 15.7. The molecule has 1 aliphatic rings. The lowest BCUT2D eigenvalue weighted by atomic mass is 9.93.